The van der Waals surface area contributed by atoms with Gasteiger partial charge in [-0.2, -0.15) is 0 Å². The van der Waals surface area contributed by atoms with Crippen LogP contribution in [0.1, 0.15) is 52.6 Å². The summed E-state index contributed by atoms with van der Waals surface area (Å²) in [4.78, 5) is 26.5. The number of hydrogen-bond donors (Lipinski definition) is 0. The predicted molar refractivity (Wildman–Crippen MR) is 96.6 cm³/mol. The summed E-state index contributed by atoms with van der Waals surface area (Å²) in [7, 11) is 2.08. The van der Waals surface area contributed by atoms with E-state index in [4.69, 9.17) is 0 Å². The van der Waals surface area contributed by atoms with E-state index in [1.54, 1.807) is 24.3 Å². The first-order valence-corrected chi connectivity index (χ1v) is 8.49. The summed E-state index contributed by atoms with van der Waals surface area (Å²) >= 11 is 0. The van der Waals surface area contributed by atoms with E-state index in [2.05, 4.69) is 44.5 Å². The molecule has 0 radical (unpaired) electrons. The highest BCUT2D eigenvalue weighted by molar-refractivity contribution is 6.21. The number of nitrogens with zero attached hydrogens (tertiary/aromatic N) is 2. The van der Waals surface area contributed by atoms with Crippen molar-refractivity contribution in [1.29, 1.82) is 0 Å². The minimum atomic E-state index is -0.208. The molecule has 2 aliphatic heterocycles. The van der Waals surface area contributed by atoms with Crippen LogP contribution in [0.15, 0.2) is 42.5 Å². The van der Waals surface area contributed by atoms with Crippen LogP contribution in [0.25, 0.3) is 0 Å². The van der Waals surface area contributed by atoms with Gasteiger partial charge in [-0.05, 0) is 37.6 Å². The van der Waals surface area contributed by atoms with Crippen LogP contribution in [0.3, 0.4) is 0 Å². The van der Waals surface area contributed by atoms with E-state index in [0.29, 0.717) is 17.7 Å². The van der Waals surface area contributed by atoms with Gasteiger partial charge in [0.05, 0.1) is 23.1 Å². The van der Waals surface area contributed by atoms with Gasteiger partial charge in [0.1, 0.15) is 7.05 Å². The molecule has 0 saturated carbocycles. The van der Waals surface area contributed by atoms with E-state index in [9.17, 15) is 9.59 Å². The van der Waals surface area contributed by atoms with Crippen molar-refractivity contribution in [3.8, 4) is 0 Å². The fourth-order valence-corrected chi connectivity index (χ4v) is 3.83. The first-order chi connectivity index (χ1) is 11.8. The summed E-state index contributed by atoms with van der Waals surface area (Å²) in [5.41, 5.74) is 5.64. The molecule has 2 amide bonds. The summed E-state index contributed by atoms with van der Waals surface area (Å²) in [5.74, 6) is -0.416. The maximum Gasteiger partial charge on any atom is 0.261 e. The highest BCUT2D eigenvalue weighted by Crippen LogP contribution is 2.39. The van der Waals surface area contributed by atoms with Crippen LogP contribution >= 0.6 is 0 Å². The van der Waals surface area contributed by atoms with Crippen molar-refractivity contribution >= 4 is 23.2 Å². The van der Waals surface area contributed by atoms with E-state index in [1.165, 1.54) is 21.9 Å². The van der Waals surface area contributed by atoms with Crippen LogP contribution in [-0.4, -0.2) is 34.0 Å². The second kappa shape index (κ2) is 5.12. The SMILES string of the molecule is CC1=[N+](C)c2ccc(CN3C(=O)c4ccccc4C3=O)cc2C1(C)C. The monoisotopic (exact) mass is 333 g/mol. The molecular weight excluding hydrogens is 312 g/mol. The topological polar surface area (TPSA) is 40.4 Å². The Morgan fingerprint density at radius 1 is 1.00 bits per heavy atom. The lowest BCUT2D eigenvalue weighted by Gasteiger charge is -2.18. The Morgan fingerprint density at radius 3 is 2.20 bits per heavy atom. The van der Waals surface area contributed by atoms with Crippen molar-refractivity contribution in [2.24, 2.45) is 0 Å². The second-order valence-corrected chi connectivity index (χ2v) is 7.36. The molecule has 4 heteroatoms. The molecule has 2 aromatic carbocycles. The van der Waals surface area contributed by atoms with Gasteiger partial charge in [0.25, 0.3) is 11.8 Å². The van der Waals surface area contributed by atoms with Crippen molar-refractivity contribution in [2.45, 2.75) is 32.7 Å². The van der Waals surface area contributed by atoms with E-state index < -0.39 is 0 Å². The molecule has 25 heavy (non-hydrogen) atoms. The van der Waals surface area contributed by atoms with Crippen molar-refractivity contribution in [3.63, 3.8) is 0 Å². The molecule has 0 unspecified atom stereocenters. The van der Waals surface area contributed by atoms with Crippen LogP contribution < -0.4 is 0 Å². The van der Waals surface area contributed by atoms with Crippen LogP contribution in [0, 0.1) is 0 Å². The van der Waals surface area contributed by atoms with E-state index in [1.807, 2.05) is 6.07 Å². The Balaban J connectivity index is 1.68. The van der Waals surface area contributed by atoms with Gasteiger partial charge in [0.2, 0.25) is 5.69 Å². The van der Waals surface area contributed by atoms with Gasteiger partial charge in [-0.15, -0.1) is 0 Å². The lowest BCUT2D eigenvalue weighted by Crippen LogP contribution is -2.29. The number of imide groups is 1. The van der Waals surface area contributed by atoms with Gasteiger partial charge in [-0.3, -0.25) is 14.5 Å². The highest BCUT2D eigenvalue weighted by atomic mass is 16.2. The van der Waals surface area contributed by atoms with E-state index >= 15 is 0 Å². The Hall–Kier alpha value is -2.75. The Labute approximate surface area is 147 Å². The van der Waals surface area contributed by atoms with E-state index in [-0.39, 0.29) is 17.2 Å². The van der Waals surface area contributed by atoms with E-state index in [0.717, 1.165) is 5.56 Å². The lowest BCUT2D eigenvalue weighted by atomic mass is 9.81. The largest absolute Gasteiger partial charge is 0.270 e. The van der Waals surface area contributed by atoms with Gasteiger partial charge < -0.3 is 0 Å². The molecule has 0 aromatic heterocycles. The Kier molecular flexibility index (Phi) is 3.23. The summed E-state index contributed by atoms with van der Waals surface area (Å²) in [5, 5.41) is 0. The number of amides is 2. The van der Waals surface area contributed by atoms with Gasteiger partial charge in [0.15, 0.2) is 5.71 Å². The molecule has 2 aliphatic rings. The third kappa shape index (κ3) is 2.10. The summed E-state index contributed by atoms with van der Waals surface area (Å²) in [6, 6.07) is 13.2. The average Bonchev–Trinajstić information content (AvgIpc) is 2.94. The zero-order valence-electron chi connectivity index (χ0n) is 15.0. The Morgan fingerprint density at radius 2 is 1.60 bits per heavy atom. The van der Waals surface area contributed by atoms with Gasteiger partial charge in [-0.25, -0.2) is 4.58 Å². The second-order valence-electron chi connectivity index (χ2n) is 7.36. The number of fused-ring (bicyclic) bond motifs is 2. The fraction of sp³-hybridized carbons (Fsp3) is 0.286. The van der Waals surface area contributed by atoms with Gasteiger partial charge >= 0.3 is 0 Å². The maximum absolute atomic E-state index is 12.6. The molecule has 2 heterocycles. The number of benzene rings is 2. The zero-order valence-corrected chi connectivity index (χ0v) is 15.0. The fourth-order valence-electron chi connectivity index (χ4n) is 3.83. The molecule has 126 valence electrons. The molecule has 0 atom stereocenters. The average molecular weight is 333 g/mol. The standard InChI is InChI=1S/C21H21N2O2/c1-13-21(2,3)17-11-14(9-10-18(17)22(13)4)12-23-19(24)15-7-5-6-8-16(15)20(23)25/h5-11H,12H2,1-4H3/q+1. The minimum Gasteiger partial charge on any atom is -0.270 e. The lowest BCUT2D eigenvalue weighted by molar-refractivity contribution is -0.403. The van der Waals surface area contributed by atoms with Crippen LogP contribution in [0.2, 0.25) is 0 Å². The Bertz CT molecular complexity index is 935. The number of carbonyl (C=O) groups excluding carboxylic acids is 2. The molecule has 4 nitrogen and oxygen atoms in total. The van der Waals surface area contributed by atoms with Gasteiger partial charge in [0, 0.05) is 18.6 Å². The summed E-state index contributed by atoms with van der Waals surface area (Å²) < 4.78 is 2.21. The van der Waals surface area contributed by atoms with Crippen molar-refractivity contribution in [2.75, 3.05) is 7.05 Å². The molecule has 0 saturated heterocycles. The quantitative estimate of drug-likeness (QED) is 0.623. The zero-order chi connectivity index (χ0) is 17.9. The number of rotatable bonds is 2. The van der Waals surface area contributed by atoms with Crippen molar-refractivity contribution in [3.05, 3.63) is 64.7 Å². The first kappa shape index (κ1) is 15.8. The molecule has 0 aliphatic carbocycles. The predicted octanol–water partition coefficient (Wildman–Crippen LogP) is 3.51. The molecule has 4 rings (SSSR count). The molecule has 0 fully saturated rings. The number of hydrogen-bond acceptors (Lipinski definition) is 2. The van der Waals surface area contributed by atoms with Crippen molar-refractivity contribution < 1.29 is 14.2 Å². The minimum absolute atomic E-state index is 0.0535. The molecule has 0 bridgehead atoms. The highest BCUT2D eigenvalue weighted by Gasteiger charge is 2.42. The third-order valence-corrected chi connectivity index (χ3v) is 5.72. The first-order valence-electron chi connectivity index (χ1n) is 8.49. The molecule has 0 spiro atoms. The van der Waals surface area contributed by atoms with Crippen LogP contribution in [0.5, 0.6) is 0 Å². The normalized spacial score (nSPS) is 18.0. The summed E-state index contributed by atoms with van der Waals surface area (Å²) in [6.07, 6.45) is 0. The molecule has 2 aromatic rings. The maximum atomic E-state index is 12.6. The van der Waals surface area contributed by atoms with Crippen LogP contribution in [0.4, 0.5) is 5.69 Å². The number of carbonyl (C=O) groups is 2. The van der Waals surface area contributed by atoms with Crippen LogP contribution in [-0.2, 0) is 12.0 Å². The summed E-state index contributed by atoms with van der Waals surface area (Å²) in [6.45, 7) is 6.86. The van der Waals surface area contributed by atoms with Crippen molar-refractivity contribution in [1.82, 2.24) is 4.90 Å². The van der Waals surface area contributed by atoms with Gasteiger partial charge in [-0.1, -0.05) is 18.2 Å². The molecular formula is C21H21N2O2+. The smallest absolute Gasteiger partial charge is 0.261 e. The third-order valence-electron chi connectivity index (χ3n) is 5.72. The molecule has 0 N–H and O–H groups in total.